The molecular weight excluding hydrogens is 264 g/mol. The van der Waals surface area contributed by atoms with E-state index in [-0.39, 0.29) is 5.54 Å². The molecule has 0 bridgehead atoms. The van der Waals surface area contributed by atoms with Gasteiger partial charge < -0.3 is 5.32 Å². The molecule has 1 N–H and O–H groups in total. The molecule has 0 aromatic heterocycles. The molecule has 0 radical (unpaired) electrons. The second kappa shape index (κ2) is 4.47. The largest absolute Gasteiger partial charge is 0.367 e. The van der Waals surface area contributed by atoms with Crippen LogP contribution in [0.15, 0.2) is 28.7 Å². The van der Waals surface area contributed by atoms with Crippen LogP contribution in [-0.4, -0.2) is 5.54 Å². The molecule has 1 aliphatic rings. The Morgan fingerprint density at radius 3 is 2.94 bits per heavy atom. The third-order valence-corrected chi connectivity index (χ3v) is 3.68. The van der Waals surface area contributed by atoms with Crippen LogP contribution in [0.25, 0.3) is 0 Å². The predicted molar refractivity (Wildman–Crippen MR) is 69.1 cm³/mol. The Balaban J connectivity index is 2.17. The highest BCUT2D eigenvalue weighted by molar-refractivity contribution is 9.10. The number of nitriles is 1. The number of nitrogens with one attached hydrogen (secondary N) is 1. The Morgan fingerprint density at radius 2 is 2.38 bits per heavy atom. The number of hydrogen-bond acceptors (Lipinski definition) is 2. The molecule has 84 valence electrons. The average Bonchev–Trinajstić information content (AvgIpc) is 2.61. The first-order valence-corrected chi connectivity index (χ1v) is 6.38. The molecule has 2 rings (SSSR count). The molecule has 0 saturated heterocycles. The Labute approximate surface area is 105 Å². The fourth-order valence-corrected chi connectivity index (χ4v) is 2.78. The van der Waals surface area contributed by atoms with Crippen LogP contribution < -0.4 is 5.32 Å². The van der Waals surface area contributed by atoms with Gasteiger partial charge in [0, 0.05) is 10.2 Å². The molecule has 0 spiro atoms. The second-order valence-electron chi connectivity index (χ2n) is 4.68. The van der Waals surface area contributed by atoms with Gasteiger partial charge in [0.05, 0.1) is 6.07 Å². The number of halogens is 1. The van der Waals surface area contributed by atoms with Gasteiger partial charge in [0.15, 0.2) is 0 Å². The summed E-state index contributed by atoms with van der Waals surface area (Å²) in [4.78, 5) is 0. The summed E-state index contributed by atoms with van der Waals surface area (Å²) >= 11 is 3.44. The molecule has 1 aromatic carbocycles. The number of anilines is 1. The van der Waals surface area contributed by atoms with E-state index in [0.717, 1.165) is 29.4 Å². The molecule has 3 heteroatoms. The number of hydrogen-bond donors (Lipinski definition) is 1. The lowest BCUT2D eigenvalue weighted by molar-refractivity contribution is 0.558. The molecular formula is C13H15BrN2. The zero-order valence-corrected chi connectivity index (χ0v) is 10.9. The number of nitrogens with zero attached hydrogens (tertiary/aromatic N) is 1. The maximum Gasteiger partial charge on any atom is 0.125 e. The van der Waals surface area contributed by atoms with Crippen LogP contribution in [0, 0.1) is 17.2 Å². The average molecular weight is 279 g/mol. The Morgan fingerprint density at radius 1 is 1.56 bits per heavy atom. The van der Waals surface area contributed by atoms with Gasteiger partial charge in [0.25, 0.3) is 0 Å². The van der Waals surface area contributed by atoms with E-state index in [2.05, 4.69) is 34.2 Å². The van der Waals surface area contributed by atoms with Crippen LogP contribution in [0.3, 0.4) is 0 Å². The van der Waals surface area contributed by atoms with Gasteiger partial charge in [-0.1, -0.05) is 28.9 Å². The van der Waals surface area contributed by atoms with Crippen molar-refractivity contribution < 1.29 is 0 Å². The van der Waals surface area contributed by atoms with Gasteiger partial charge >= 0.3 is 0 Å². The summed E-state index contributed by atoms with van der Waals surface area (Å²) in [6.45, 7) is 2.21. The molecule has 1 aromatic rings. The maximum absolute atomic E-state index is 9.34. The highest BCUT2D eigenvalue weighted by Crippen LogP contribution is 2.36. The van der Waals surface area contributed by atoms with E-state index in [0.29, 0.717) is 5.92 Å². The van der Waals surface area contributed by atoms with Gasteiger partial charge in [-0.25, -0.2) is 0 Å². The minimum Gasteiger partial charge on any atom is -0.367 e. The SMILES string of the molecule is CC1CCC(C#N)(Nc2cccc(Br)c2)C1. The maximum atomic E-state index is 9.34. The standard InChI is InChI=1S/C13H15BrN2/c1-10-5-6-13(8-10,9-15)16-12-4-2-3-11(14)7-12/h2-4,7,10,16H,5-6,8H2,1H3. The first-order chi connectivity index (χ1) is 7.63. The lowest BCUT2D eigenvalue weighted by Crippen LogP contribution is -2.33. The Hall–Kier alpha value is -1.01. The molecule has 0 aliphatic heterocycles. The van der Waals surface area contributed by atoms with E-state index in [4.69, 9.17) is 0 Å². The van der Waals surface area contributed by atoms with Crippen molar-refractivity contribution in [3.05, 3.63) is 28.7 Å². The minimum atomic E-state index is -0.361. The van der Waals surface area contributed by atoms with Gasteiger partial charge in [0.1, 0.15) is 5.54 Å². The molecule has 1 aliphatic carbocycles. The summed E-state index contributed by atoms with van der Waals surface area (Å²) in [5.41, 5.74) is 0.658. The van der Waals surface area contributed by atoms with Crippen molar-refractivity contribution in [3.8, 4) is 6.07 Å². The van der Waals surface area contributed by atoms with E-state index in [9.17, 15) is 5.26 Å². The zero-order chi connectivity index (χ0) is 11.6. The zero-order valence-electron chi connectivity index (χ0n) is 9.33. The van der Waals surface area contributed by atoms with Gasteiger partial charge in [-0.05, 0) is 43.4 Å². The predicted octanol–water partition coefficient (Wildman–Crippen LogP) is 3.94. The third kappa shape index (κ3) is 2.38. The highest BCUT2D eigenvalue weighted by Gasteiger charge is 2.37. The van der Waals surface area contributed by atoms with Crippen LogP contribution in [0.4, 0.5) is 5.69 Å². The monoisotopic (exact) mass is 278 g/mol. The summed E-state index contributed by atoms with van der Waals surface area (Å²) in [5, 5.41) is 12.7. The second-order valence-corrected chi connectivity index (χ2v) is 5.59. The van der Waals surface area contributed by atoms with Crippen LogP contribution in [0.2, 0.25) is 0 Å². The van der Waals surface area contributed by atoms with E-state index >= 15 is 0 Å². The Kier molecular flexibility index (Phi) is 3.20. The molecule has 16 heavy (non-hydrogen) atoms. The van der Waals surface area contributed by atoms with Crippen LogP contribution >= 0.6 is 15.9 Å². The van der Waals surface area contributed by atoms with Crippen LogP contribution in [-0.2, 0) is 0 Å². The first-order valence-electron chi connectivity index (χ1n) is 5.58. The molecule has 0 heterocycles. The molecule has 1 saturated carbocycles. The summed E-state index contributed by atoms with van der Waals surface area (Å²) in [6.07, 6.45) is 3.02. The molecule has 1 fully saturated rings. The molecule has 2 nitrogen and oxygen atoms in total. The van der Waals surface area contributed by atoms with Gasteiger partial charge in [-0.3, -0.25) is 0 Å². The highest BCUT2D eigenvalue weighted by atomic mass is 79.9. The van der Waals surface area contributed by atoms with Gasteiger partial charge in [-0.15, -0.1) is 0 Å². The van der Waals surface area contributed by atoms with E-state index in [1.165, 1.54) is 0 Å². The van der Waals surface area contributed by atoms with E-state index in [1.807, 2.05) is 24.3 Å². The van der Waals surface area contributed by atoms with Crippen molar-refractivity contribution >= 4 is 21.6 Å². The summed E-state index contributed by atoms with van der Waals surface area (Å²) in [7, 11) is 0. The summed E-state index contributed by atoms with van der Waals surface area (Å²) in [5.74, 6) is 0.638. The van der Waals surface area contributed by atoms with Crippen molar-refractivity contribution in [1.29, 1.82) is 5.26 Å². The normalized spacial score (nSPS) is 28.7. The quantitative estimate of drug-likeness (QED) is 0.889. The van der Waals surface area contributed by atoms with Crippen molar-refractivity contribution in [3.63, 3.8) is 0 Å². The summed E-state index contributed by atoms with van der Waals surface area (Å²) in [6, 6.07) is 10.4. The van der Waals surface area contributed by atoms with Crippen molar-refractivity contribution in [1.82, 2.24) is 0 Å². The molecule has 2 unspecified atom stereocenters. The fourth-order valence-electron chi connectivity index (χ4n) is 2.38. The molecule has 2 atom stereocenters. The van der Waals surface area contributed by atoms with Crippen molar-refractivity contribution in [2.24, 2.45) is 5.92 Å². The van der Waals surface area contributed by atoms with E-state index < -0.39 is 0 Å². The van der Waals surface area contributed by atoms with Gasteiger partial charge in [0.2, 0.25) is 0 Å². The first kappa shape index (κ1) is 11.5. The van der Waals surface area contributed by atoms with Crippen LogP contribution in [0.5, 0.6) is 0 Å². The third-order valence-electron chi connectivity index (χ3n) is 3.18. The number of benzene rings is 1. The van der Waals surface area contributed by atoms with E-state index in [1.54, 1.807) is 0 Å². The lowest BCUT2D eigenvalue weighted by atomic mass is 9.98. The Bertz CT molecular complexity index is 424. The summed E-state index contributed by atoms with van der Waals surface area (Å²) < 4.78 is 1.04. The lowest BCUT2D eigenvalue weighted by Gasteiger charge is -2.24. The minimum absolute atomic E-state index is 0.361. The van der Waals surface area contributed by atoms with Gasteiger partial charge in [-0.2, -0.15) is 5.26 Å². The van der Waals surface area contributed by atoms with Crippen molar-refractivity contribution in [2.45, 2.75) is 31.7 Å². The topological polar surface area (TPSA) is 35.8 Å². The fraction of sp³-hybridized carbons (Fsp3) is 0.462. The molecule has 0 amide bonds. The van der Waals surface area contributed by atoms with Crippen LogP contribution in [0.1, 0.15) is 26.2 Å². The smallest absolute Gasteiger partial charge is 0.125 e. The number of rotatable bonds is 2. The van der Waals surface area contributed by atoms with Crippen molar-refractivity contribution in [2.75, 3.05) is 5.32 Å².